The predicted molar refractivity (Wildman–Crippen MR) is 111 cm³/mol. The van der Waals surface area contributed by atoms with E-state index in [0.29, 0.717) is 18.5 Å². The zero-order chi connectivity index (χ0) is 20.5. The van der Waals surface area contributed by atoms with E-state index in [1.54, 1.807) is 6.92 Å². The highest BCUT2D eigenvalue weighted by Gasteiger charge is 2.49. The predicted octanol–water partition coefficient (Wildman–Crippen LogP) is 2.81. The van der Waals surface area contributed by atoms with Gasteiger partial charge < -0.3 is 10.2 Å². The summed E-state index contributed by atoms with van der Waals surface area (Å²) in [5.74, 6) is 0.918. The second-order valence-electron chi connectivity index (χ2n) is 9.02. The Morgan fingerprint density at radius 2 is 1.54 bits per heavy atom. The molecule has 1 atom stereocenters. The molecule has 154 valence electrons. The lowest BCUT2D eigenvalue weighted by atomic mass is 9.90. The van der Waals surface area contributed by atoms with Crippen LogP contribution in [0.3, 0.4) is 0 Å². The molecule has 0 aromatic heterocycles. The Kier molecular flexibility index (Phi) is 6.10. The fourth-order valence-electron chi connectivity index (χ4n) is 4.05. The zero-order valence-electron chi connectivity index (χ0n) is 17.9. The normalized spacial score (nSPS) is 24.5. The standard InChI is InChI=1S/C22H34N4O2/c1-16(2)14-24-10-12-25(13-11-24)15-26-20(27)22(5,23-21(26)28)19-8-6-18(7-9-19)17(3)4/h6-9,16-17H,10-15H2,1-5H3,(H,23,28)/t22-/m0/s1. The Bertz CT molecular complexity index is 708. The number of hydrogen-bond acceptors (Lipinski definition) is 4. The monoisotopic (exact) mass is 386 g/mol. The van der Waals surface area contributed by atoms with Crippen LogP contribution in [-0.2, 0) is 10.3 Å². The van der Waals surface area contributed by atoms with Gasteiger partial charge in [0.05, 0.1) is 6.67 Å². The summed E-state index contributed by atoms with van der Waals surface area (Å²) in [7, 11) is 0. The van der Waals surface area contributed by atoms with Crippen LogP contribution in [0.1, 0.15) is 51.7 Å². The Morgan fingerprint density at radius 1 is 0.964 bits per heavy atom. The molecule has 0 radical (unpaired) electrons. The highest BCUT2D eigenvalue weighted by molar-refractivity contribution is 6.07. The van der Waals surface area contributed by atoms with E-state index in [0.717, 1.165) is 38.3 Å². The van der Waals surface area contributed by atoms with Crippen LogP contribution in [-0.4, -0.2) is 66.0 Å². The summed E-state index contributed by atoms with van der Waals surface area (Å²) in [4.78, 5) is 31.8. The summed E-state index contributed by atoms with van der Waals surface area (Å²) in [5, 5.41) is 2.92. The van der Waals surface area contributed by atoms with Crippen LogP contribution in [0.15, 0.2) is 24.3 Å². The maximum atomic E-state index is 13.1. The molecule has 2 saturated heterocycles. The average Bonchev–Trinajstić information content (AvgIpc) is 2.87. The molecule has 0 bridgehead atoms. The lowest BCUT2D eigenvalue weighted by Gasteiger charge is -2.36. The Labute approximate surface area is 168 Å². The van der Waals surface area contributed by atoms with Crippen molar-refractivity contribution in [2.45, 2.75) is 46.1 Å². The van der Waals surface area contributed by atoms with Crippen molar-refractivity contribution in [3.63, 3.8) is 0 Å². The van der Waals surface area contributed by atoms with Gasteiger partial charge in [-0.05, 0) is 29.9 Å². The smallest absolute Gasteiger partial charge is 0.319 e. The van der Waals surface area contributed by atoms with Crippen molar-refractivity contribution in [2.75, 3.05) is 39.4 Å². The highest BCUT2D eigenvalue weighted by atomic mass is 16.2. The van der Waals surface area contributed by atoms with Gasteiger partial charge in [0, 0.05) is 32.7 Å². The average molecular weight is 387 g/mol. The van der Waals surface area contributed by atoms with E-state index in [9.17, 15) is 9.59 Å². The molecule has 28 heavy (non-hydrogen) atoms. The van der Waals surface area contributed by atoms with Gasteiger partial charge in [-0.2, -0.15) is 0 Å². The topological polar surface area (TPSA) is 55.9 Å². The van der Waals surface area contributed by atoms with Crippen molar-refractivity contribution in [1.82, 2.24) is 20.0 Å². The highest BCUT2D eigenvalue weighted by Crippen LogP contribution is 2.30. The van der Waals surface area contributed by atoms with Gasteiger partial charge >= 0.3 is 6.03 Å². The van der Waals surface area contributed by atoms with E-state index in [1.165, 1.54) is 10.5 Å². The van der Waals surface area contributed by atoms with Crippen LogP contribution in [0.4, 0.5) is 4.79 Å². The molecule has 1 aromatic rings. The first-order chi connectivity index (χ1) is 13.2. The lowest BCUT2D eigenvalue weighted by molar-refractivity contribution is -0.132. The largest absolute Gasteiger partial charge is 0.326 e. The van der Waals surface area contributed by atoms with Crippen molar-refractivity contribution in [3.05, 3.63) is 35.4 Å². The quantitative estimate of drug-likeness (QED) is 0.764. The van der Waals surface area contributed by atoms with Crippen molar-refractivity contribution >= 4 is 11.9 Å². The molecule has 6 nitrogen and oxygen atoms in total. The van der Waals surface area contributed by atoms with Crippen molar-refractivity contribution in [1.29, 1.82) is 0 Å². The number of carbonyl (C=O) groups excluding carboxylic acids is 2. The Morgan fingerprint density at radius 3 is 2.07 bits per heavy atom. The molecule has 0 spiro atoms. The van der Waals surface area contributed by atoms with E-state index < -0.39 is 5.54 Å². The molecular weight excluding hydrogens is 352 g/mol. The van der Waals surface area contributed by atoms with E-state index in [-0.39, 0.29) is 11.9 Å². The second-order valence-corrected chi connectivity index (χ2v) is 9.02. The number of imide groups is 1. The maximum Gasteiger partial charge on any atom is 0.326 e. The molecule has 1 aromatic carbocycles. The number of nitrogens with one attached hydrogen (secondary N) is 1. The number of nitrogens with zero attached hydrogens (tertiary/aromatic N) is 3. The molecule has 3 rings (SSSR count). The number of benzene rings is 1. The Hall–Kier alpha value is -1.92. The number of amides is 3. The van der Waals surface area contributed by atoms with E-state index in [1.807, 2.05) is 24.3 Å². The van der Waals surface area contributed by atoms with E-state index in [4.69, 9.17) is 0 Å². The summed E-state index contributed by atoms with van der Waals surface area (Å²) in [6.07, 6.45) is 0. The minimum absolute atomic E-state index is 0.167. The number of piperazine rings is 1. The maximum absolute atomic E-state index is 13.1. The molecule has 6 heteroatoms. The van der Waals surface area contributed by atoms with Crippen LogP contribution in [0, 0.1) is 5.92 Å². The summed E-state index contributed by atoms with van der Waals surface area (Å²) in [6, 6.07) is 7.71. The first kappa shape index (κ1) is 20.8. The minimum Gasteiger partial charge on any atom is -0.319 e. The van der Waals surface area contributed by atoms with Crippen LogP contribution in [0.5, 0.6) is 0 Å². The SMILES string of the molecule is CC(C)CN1CCN(CN2C(=O)N[C@@](C)(c3ccc(C(C)C)cc3)C2=O)CC1. The fourth-order valence-corrected chi connectivity index (χ4v) is 4.05. The summed E-state index contributed by atoms with van der Waals surface area (Å²) in [6.45, 7) is 15.7. The number of rotatable bonds is 6. The van der Waals surface area contributed by atoms with Crippen molar-refractivity contribution < 1.29 is 9.59 Å². The molecule has 3 amide bonds. The van der Waals surface area contributed by atoms with Crippen LogP contribution < -0.4 is 5.32 Å². The second kappa shape index (κ2) is 8.21. The molecule has 0 aliphatic carbocycles. The molecule has 1 N–H and O–H groups in total. The van der Waals surface area contributed by atoms with Gasteiger partial charge in [-0.25, -0.2) is 9.69 Å². The van der Waals surface area contributed by atoms with E-state index in [2.05, 4.69) is 42.8 Å². The van der Waals surface area contributed by atoms with Gasteiger partial charge in [0.2, 0.25) is 0 Å². The summed E-state index contributed by atoms with van der Waals surface area (Å²) < 4.78 is 0. The first-order valence-corrected chi connectivity index (χ1v) is 10.4. The summed E-state index contributed by atoms with van der Waals surface area (Å²) >= 11 is 0. The number of hydrogen-bond donors (Lipinski definition) is 1. The number of urea groups is 1. The molecule has 2 aliphatic rings. The van der Waals surface area contributed by atoms with Crippen LogP contribution in [0.25, 0.3) is 0 Å². The van der Waals surface area contributed by atoms with Crippen molar-refractivity contribution in [2.24, 2.45) is 5.92 Å². The fraction of sp³-hybridized carbons (Fsp3) is 0.636. The first-order valence-electron chi connectivity index (χ1n) is 10.4. The zero-order valence-corrected chi connectivity index (χ0v) is 17.9. The van der Waals surface area contributed by atoms with Crippen LogP contribution in [0.2, 0.25) is 0 Å². The van der Waals surface area contributed by atoms with Gasteiger partial charge in [0.1, 0.15) is 5.54 Å². The summed E-state index contributed by atoms with van der Waals surface area (Å²) in [5.41, 5.74) is 1.06. The minimum atomic E-state index is -0.994. The van der Waals surface area contributed by atoms with E-state index >= 15 is 0 Å². The molecule has 2 fully saturated rings. The van der Waals surface area contributed by atoms with Crippen molar-refractivity contribution in [3.8, 4) is 0 Å². The Balaban J connectivity index is 1.65. The molecule has 2 aliphatic heterocycles. The van der Waals surface area contributed by atoms with Crippen LogP contribution >= 0.6 is 0 Å². The number of carbonyl (C=O) groups is 2. The van der Waals surface area contributed by atoms with Gasteiger partial charge in [0.15, 0.2) is 0 Å². The molecular formula is C22H34N4O2. The third-order valence-electron chi connectivity index (χ3n) is 5.86. The third-order valence-corrected chi connectivity index (χ3v) is 5.86. The van der Waals surface area contributed by atoms with Gasteiger partial charge in [-0.15, -0.1) is 0 Å². The van der Waals surface area contributed by atoms with Gasteiger partial charge in [0.25, 0.3) is 5.91 Å². The molecule has 2 heterocycles. The van der Waals surface area contributed by atoms with Gasteiger partial charge in [-0.3, -0.25) is 9.69 Å². The van der Waals surface area contributed by atoms with Gasteiger partial charge in [-0.1, -0.05) is 52.0 Å². The molecule has 0 saturated carbocycles. The molecule has 0 unspecified atom stereocenters. The lowest BCUT2D eigenvalue weighted by Crippen LogP contribution is -2.52. The third kappa shape index (κ3) is 4.23.